The minimum Gasteiger partial charge on any atom is -0.366 e. The highest BCUT2D eigenvalue weighted by Crippen LogP contribution is 2.53. The van der Waals surface area contributed by atoms with Crippen LogP contribution < -0.4 is 15.5 Å². The monoisotopic (exact) mass is 504 g/mol. The zero-order valence-electron chi connectivity index (χ0n) is 22.7. The minimum absolute atomic E-state index is 0.0207. The molecule has 9 nitrogen and oxygen atoms in total. The van der Waals surface area contributed by atoms with Crippen LogP contribution in [0.25, 0.3) is 11.0 Å². The number of fused-ring (bicyclic) bond motifs is 5. The van der Waals surface area contributed by atoms with E-state index in [0.29, 0.717) is 11.8 Å². The Hall–Kier alpha value is -2.94. The summed E-state index contributed by atoms with van der Waals surface area (Å²) >= 11 is 0. The third kappa shape index (κ3) is 4.31. The van der Waals surface area contributed by atoms with Crippen molar-refractivity contribution in [2.24, 2.45) is 12.5 Å². The van der Waals surface area contributed by atoms with Crippen molar-refractivity contribution in [3.05, 3.63) is 34.9 Å². The van der Waals surface area contributed by atoms with Crippen LogP contribution >= 0.6 is 0 Å². The highest BCUT2D eigenvalue weighted by Gasteiger charge is 2.49. The normalized spacial score (nSPS) is 25.0. The minimum atomic E-state index is 0.0207. The molecule has 198 valence electrons. The second kappa shape index (κ2) is 9.11. The van der Waals surface area contributed by atoms with E-state index in [-0.39, 0.29) is 11.4 Å². The highest BCUT2D eigenvalue weighted by molar-refractivity contribution is 5.89. The Balaban J connectivity index is 1.17. The van der Waals surface area contributed by atoms with Gasteiger partial charge in [0.1, 0.15) is 0 Å². The molecular weight excluding hydrogens is 464 g/mol. The second-order valence-electron chi connectivity index (χ2n) is 11.8. The van der Waals surface area contributed by atoms with Crippen LogP contribution in [0.15, 0.2) is 12.3 Å². The number of aromatic nitrogens is 5. The summed E-state index contributed by atoms with van der Waals surface area (Å²) in [5.41, 5.74) is 7.47. The lowest BCUT2D eigenvalue weighted by atomic mass is 9.57. The first kappa shape index (κ1) is 24.4. The van der Waals surface area contributed by atoms with E-state index in [4.69, 9.17) is 10.1 Å². The van der Waals surface area contributed by atoms with Gasteiger partial charge in [0.25, 0.3) is 0 Å². The summed E-state index contributed by atoms with van der Waals surface area (Å²) in [6.45, 7) is 7.82. The maximum absolute atomic E-state index is 12.4. The molecule has 3 aliphatic carbocycles. The summed E-state index contributed by atoms with van der Waals surface area (Å²) in [5.74, 6) is 0.193. The number of hydrogen-bond donors (Lipinski definition) is 2. The highest BCUT2D eigenvalue weighted by atomic mass is 16.1. The lowest BCUT2D eigenvalue weighted by Gasteiger charge is -2.53. The number of carbonyl (C=O) groups excluding carboxylic acids is 1. The molecule has 1 amide bonds. The molecule has 3 aromatic heterocycles. The molecule has 7 rings (SSSR count). The molecule has 4 heterocycles. The van der Waals surface area contributed by atoms with Crippen LogP contribution in [0.3, 0.4) is 0 Å². The molecule has 3 aromatic rings. The van der Waals surface area contributed by atoms with Crippen molar-refractivity contribution in [1.82, 2.24) is 35.2 Å². The number of nitrogens with zero attached hydrogens (tertiary/aromatic N) is 6. The van der Waals surface area contributed by atoms with Gasteiger partial charge in [-0.15, -0.1) is 0 Å². The number of pyridine rings is 1. The molecule has 2 N–H and O–H groups in total. The summed E-state index contributed by atoms with van der Waals surface area (Å²) in [5, 5.41) is 17.2. The lowest BCUT2D eigenvalue weighted by molar-refractivity contribution is -0.125. The van der Waals surface area contributed by atoms with Crippen LogP contribution in [0.1, 0.15) is 67.6 Å². The first-order valence-electron chi connectivity index (χ1n) is 13.9. The van der Waals surface area contributed by atoms with Gasteiger partial charge in [0.15, 0.2) is 5.65 Å². The number of amides is 1. The predicted molar refractivity (Wildman–Crippen MR) is 145 cm³/mol. The Kier molecular flexibility index (Phi) is 6.01. The molecule has 1 aliphatic heterocycles. The smallest absolute Gasteiger partial charge is 0.221 e. The second-order valence-corrected chi connectivity index (χ2v) is 11.8. The van der Waals surface area contributed by atoms with Gasteiger partial charge in [-0.05, 0) is 70.9 Å². The van der Waals surface area contributed by atoms with Crippen LogP contribution in [0.4, 0.5) is 5.69 Å². The summed E-state index contributed by atoms with van der Waals surface area (Å²) < 4.78 is 4.21. The summed E-state index contributed by atoms with van der Waals surface area (Å²) in [6.07, 6.45) is 10.3. The van der Waals surface area contributed by atoms with E-state index in [1.165, 1.54) is 36.2 Å². The number of anilines is 1. The van der Waals surface area contributed by atoms with E-state index < -0.39 is 0 Å². The fourth-order valence-electron chi connectivity index (χ4n) is 7.08. The Morgan fingerprint density at radius 2 is 1.89 bits per heavy atom. The number of carbonyl (C=O) groups is 1. The van der Waals surface area contributed by atoms with Crippen molar-refractivity contribution >= 4 is 22.6 Å². The quantitative estimate of drug-likeness (QED) is 0.514. The molecule has 3 fully saturated rings. The third-order valence-corrected chi connectivity index (χ3v) is 9.38. The van der Waals surface area contributed by atoms with Crippen LogP contribution in [-0.2, 0) is 31.4 Å². The van der Waals surface area contributed by atoms with Gasteiger partial charge in [-0.3, -0.25) is 14.2 Å². The van der Waals surface area contributed by atoms with E-state index >= 15 is 0 Å². The molecule has 4 aliphatic rings. The molecule has 3 saturated carbocycles. The lowest BCUT2D eigenvalue weighted by Crippen LogP contribution is -2.57. The SMILES string of the molecule is CNCCC(=O)NC12CCC(Cn3nc(C)c4c3CCN(c3cc(C)nc5c3cnn5C)C4)(CC1)CC2. The Labute approximate surface area is 219 Å². The van der Waals surface area contributed by atoms with Gasteiger partial charge in [0.05, 0.1) is 23.0 Å². The first-order valence-corrected chi connectivity index (χ1v) is 13.9. The molecule has 0 radical (unpaired) electrons. The summed E-state index contributed by atoms with van der Waals surface area (Å²) in [6, 6.07) is 2.20. The molecule has 2 bridgehead atoms. The molecule has 37 heavy (non-hydrogen) atoms. The maximum Gasteiger partial charge on any atom is 0.221 e. The third-order valence-electron chi connectivity index (χ3n) is 9.38. The van der Waals surface area contributed by atoms with Gasteiger partial charge in [0.2, 0.25) is 5.91 Å². The van der Waals surface area contributed by atoms with Gasteiger partial charge in [-0.25, -0.2) is 4.98 Å². The van der Waals surface area contributed by atoms with Crippen molar-refractivity contribution in [3.8, 4) is 0 Å². The molecule has 0 saturated heterocycles. The van der Waals surface area contributed by atoms with Crippen molar-refractivity contribution in [2.75, 3.05) is 25.0 Å². The first-order chi connectivity index (χ1) is 17.8. The zero-order valence-corrected chi connectivity index (χ0v) is 22.7. The van der Waals surface area contributed by atoms with E-state index in [2.05, 4.69) is 45.2 Å². The van der Waals surface area contributed by atoms with Gasteiger partial charge >= 0.3 is 0 Å². The largest absolute Gasteiger partial charge is 0.366 e. The van der Waals surface area contributed by atoms with Crippen LogP contribution in [-0.4, -0.2) is 56.1 Å². The predicted octanol–water partition coefficient (Wildman–Crippen LogP) is 3.16. The van der Waals surface area contributed by atoms with Crippen LogP contribution in [0, 0.1) is 19.3 Å². The van der Waals surface area contributed by atoms with Gasteiger partial charge in [-0.2, -0.15) is 10.2 Å². The Morgan fingerprint density at radius 1 is 1.14 bits per heavy atom. The van der Waals surface area contributed by atoms with Crippen LogP contribution in [0.5, 0.6) is 0 Å². The van der Waals surface area contributed by atoms with Crippen molar-refractivity contribution in [3.63, 3.8) is 0 Å². The zero-order chi connectivity index (χ0) is 25.8. The van der Waals surface area contributed by atoms with E-state index in [0.717, 1.165) is 74.3 Å². The Bertz CT molecular complexity index is 1310. The molecule has 0 unspecified atom stereocenters. The Morgan fingerprint density at radius 3 is 2.62 bits per heavy atom. The van der Waals surface area contributed by atoms with Crippen LogP contribution in [0.2, 0.25) is 0 Å². The average molecular weight is 505 g/mol. The van der Waals surface area contributed by atoms with Crippen molar-refractivity contribution in [2.45, 2.75) is 83.8 Å². The van der Waals surface area contributed by atoms with Crippen molar-refractivity contribution < 1.29 is 4.79 Å². The van der Waals surface area contributed by atoms with E-state index in [9.17, 15) is 4.79 Å². The average Bonchev–Trinajstić information content (AvgIpc) is 3.42. The molecule has 0 aromatic carbocycles. The van der Waals surface area contributed by atoms with E-state index in [1.54, 1.807) is 0 Å². The molecule has 0 atom stereocenters. The summed E-state index contributed by atoms with van der Waals surface area (Å²) in [7, 11) is 3.85. The topological polar surface area (TPSA) is 92.9 Å². The van der Waals surface area contributed by atoms with Gasteiger partial charge in [-0.1, -0.05) is 0 Å². The number of rotatable bonds is 7. The van der Waals surface area contributed by atoms with Crippen molar-refractivity contribution in [1.29, 1.82) is 0 Å². The fraction of sp³-hybridized carbons (Fsp3) is 0.643. The maximum atomic E-state index is 12.4. The summed E-state index contributed by atoms with van der Waals surface area (Å²) in [4.78, 5) is 19.6. The molecule has 0 spiro atoms. The van der Waals surface area contributed by atoms with Gasteiger partial charge < -0.3 is 15.5 Å². The van der Waals surface area contributed by atoms with E-state index in [1.807, 2.05) is 25.0 Å². The fourth-order valence-corrected chi connectivity index (χ4v) is 7.08. The molecular formula is C28H40N8O. The molecule has 9 heteroatoms. The standard InChI is InChI=1S/C28H40N8O/c1-19-15-24(21-16-30-34(4)26(21)31-19)35-14-6-23-22(17-35)20(2)33-36(23)18-27-7-10-28(11-8-27,12-9-27)32-25(37)5-13-29-3/h15-16,29H,5-14,17-18H2,1-4H3,(H,32,37). The number of aryl methyl sites for hydroxylation is 3. The van der Waals surface area contributed by atoms with Gasteiger partial charge in [0, 0.05) is 68.6 Å². The number of hydrogen-bond acceptors (Lipinski definition) is 6. The number of nitrogens with one attached hydrogen (secondary N) is 2.